The van der Waals surface area contributed by atoms with Crippen molar-refractivity contribution in [3.8, 4) is 0 Å². The minimum Gasteiger partial charge on any atom is -0.469 e. The maximum absolute atomic E-state index is 11.6. The third-order valence-electron chi connectivity index (χ3n) is 3.74. The van der Waals surface area contributed by atoms with Crippen LogP contribution in [0.15, 0.2) is 0 Å². The Bertz CT molecular complexity index is 443. The van der Waals surface area contributed by atoms with Crippen LogP contribution in [-0.2, 0) is 23.1 Å². The molecule has 1 fully saturated rings. The van der Waals surface area contributed by atoms with Gasteiger partial charge in [-0.1, -0.05) is 6.92 Å². The molecule has 2 rings (SSSR count). The summed E-state index contributed by atoms with van der Waals surface area (Å²) < 4.78 is 6.81. The monoisotopic (exact) mass is 252 g/mol. The van der Waals surface area contributed by atoms with Gasteiger partial charge < -0.3 is 9.30 Å². The number of hydrogen-bond donors (Lipinski definition) is 0. The molecule has 2 atom stereocenters. The molecule has 2 heterocycles. The van der Waals surface area contributed by atoms with Gasteiger partial charge in [0, 0.05) is 20.1 Å². The fourth-order valence-corrected chi connectivity index (χ4v) is 2.44. The molecule has 0 bridgehead atoms. The van der Waals surface area contributed by atoms with Crippen LogP contribution in [0.4, 0.5) is 0 Å². The van der Waals surface area contributed by atoms with Crippen molar-refractivity contribution in [1.29, 1.82) is 0 Å². The SMILES string of the molecule is COC(=O)C1CN(Cc2nnc(C)n2C)CC1C. The van der Waals surface area contributed by atoms with E-state index in [0.29, 0.717) is 5.92 Å². The molecular formula is C12H20N4O2. The van der Waals surface area contributed by atoms with E-state index in [2.05, 4.69) is 22.0 Å². The highest BCUT2D eigenvalue weighted by atomic mass is 16.5. The fourth-order valence-electron chi connectivity index (χ4n) is 2.44. The number of aryl methyl sites for hydroxylation is 1. The normalized spacial score (nSPS) is 24.4. The summed E-state index contributed by atoms with van der Waals surface area (Å²) in [6, 6.07) is 0. The van der Waals surface area contributed by atoms with Crippen molar-refractivity contribution in [3.05, 3.63) is 11.6 Å². The zero-order valence-corrected chi connectivity index (χ0v) is 11.4. The van der Waals surface area contributed by atoms with Crippen LogP contribution in [0.3, 0.4) is 0 Å². The molecule has 1 aromatic rings. The molecular weight excluding hydrogens is 232 g/mol. The lowest BCUT2D eigenvalue weighted by Crippen LogP contribution is -2.25. The molecule has 2 unspecified atom stereocenters. The van der Waals surface area contributed by atoms with Crippen molar-refractivity contribution in [2.75, 3.05) is 20.2 Å². The summed E-state index contributed by atoms with van der Waals surface area (Å²) in [5.41, 5.74) is 0. The van der Waals surface area contributed by atoms with Crippen LogP contribution < -0.4 is 0 Å². The zero-order valence-electron chi connectivity index (χ0n) is 11.4. The van der Waals surface area contributed by atoms with Crippen molar-refractivity contribution in [1.82, 2.24) is 19.7 Å². The van der Waals surface area contributed by atoms with E-state index in [1.807, 2.05) is 18.5 Å². The molecule has 18 heavy (non-hydrogen) atoms. The molecule has 1 saturated heterocycles. The van der Waals surface area contributed by atoms with Gasteiger partial charge in [0.15, 0.2) is 0 Å². The van der Waals surface area contributed by atoms with Gasteiger partial charge in [-0.2, -0.15) is 0 Å². The van der Waals surface area contributed by atoms with Crippen molar-refractivity contribution in [2.45, 2.75) is 20.4 Å². The van der Waals surface area contributed by atoms with Crippen LogP contribution in [0.1, 0.15) is 18.6 Å². The lowest BCUT2D eigenvalue weighted by Gasteiger charge is -2.14. The van der Waals surface area contributed by atoms with Crippen LogP contribution in [-0.4, -0.2) is 45.8 Å². The van der Waals surface area contributed by atoms with Gasteiger partial charge in [-0.05, 0) is 12.8 Å². The number of carbonyl (C=O) groups excluding carboxylic acids is 1. The summed E-state index contributed by atoms with van der Waals surface area (Å²) >= 11 is 0. The van der Waals surface area contributed by atoms with Crippen molar-refractivity contribution in [3.63, 3.8) is 0 Å². The Morgan fingerprint density at radius 1 is 1.44 bits per heavy atom. The van der Waals surface area contributed by atoms with Crippen molar-refractivity contribution in [2.24, 2.45) is 18.9 Å². The highest BCUT2D eigenvalue weighted by Crippen LogP contribution is 2.25. The average Bonchev–Trinajstić information content (AvgIpc) is 2.86. The Labute approximate surface area is 107 Å². The van der Waals surface area contributed by atoms with E-state index in [9.17, 15) is 4.79 Å². The molecule has 1 aliphatic heterocycles. The van der Waals surface area contributed by atoms with Gasteiger partial charge in [0.25, 0.3) is 0 Å². The van der Waals surface area contributed by atoms with Crippen LogP contribution in [0.2, 0.25) is 0 Å². The number of esters is 1. The first-order valence-electron chi connectivity index (χ1n) is 6.18. The molecule has 0 amide bonds. The molecule has 0 N–H and O–H groups in total. The van der Waals surface area contributed by atoms with Gasteiger partial charge in [0.2, 0.25) is 0 Å². The second kappa shape index (κ2) is 5.06. The Morgan fingerprint density at radius 2 is 2.17 bits per heavy atom. The van der Waals surface area contributed by atoms with E-state index in [1.54, 1.807) is 0 Å². The first kappa shape index (κ1) is 13.0. The molecule has 0 aliphatic carbocycles. The average molecular weight is 252 g/mol. The molecule has 100 valence electrons. The van der Waals surface area contributed by atoms with Gasteiger partial charge in [0.1, 0.15) is 11.6 Å². The molecule has 6 heteroatoms. The summed E-state index contributed by atoms with van der Waals surface area (Å²) in [6.07, 6.45) is 0. The van der Waals surface area contributed by atoms with Crippen molar-refractivity contribution >= 4 is 5.97 Å². The van der Waals surface area contributed by atoms with Gasteiger partial charge >= 0.3 is 5.97 Å². The van der Waals surface area contributed by atoms with E-state index >= 15 is 0 Å². The van der Waals surface area contributed by atoms with Crippen LogP contribution in [0.25, 0.3) is 0 Å². The fraction of sp³-hybridized carbons (Fsp3) is 0.750. The highest BCUT2D eigenvalue weighted by molar-refractivity contribution is 5.73. The first-order chi connectivity index (χ1) is 8.52. The van der Waals surface area contributed by atoms with E-state index < -0.39 is 0 Å². The number of likely N-dealkylation sites (tertiary alicyclic amines) is 1. The van der Waals surface area contributed by atoms with Crippen LogP contribution in [0.5, 0.6) is 0 Å². The van der Waals surface area contributed by atoms with Crippen LogP contribution >= 0.6 is 0 Å². The lowest BCUT2D eigenvalue weighted by molar-refractivity contribution is -0.146. The lowest BCUT2D eigenvalue weighted by atomic mass is 9.99. The summed E-state index contributed by atoms with van der Waals surface area (Å²) in [5.74, 6) is 2.03. The maximum atomic E-state index is 11.6. The number of aromatic nitrogens is 3. The maximum Gasteiger partial charge on any atom is 0.310 e. The van der Waals surface area contributed by atoms with Gasteiger partial charge in [0.05, 0.1) is 19.6 Å². The quantitative estimate of drug-likeness (QED) is 0.727. The summed E-state index contributed by atoms with van der Waals surface area (Å²) in [7, 11) is 3.41. The van der Waals surface area contributed by atoms with Gasteiger partial charge in [-0.25, -0.2) is 0 Å². The molecule has 1 aromatic heterocycles. The van der Waals surface area contributed by atoms with Gasteiger partial charge in [-0.3, -0.25) is 9.69 Å². The number of carbonyl (C=O) groups is 1. The Hall–Kier alpha value is -1.43. The molecule has 0 spiro atoms. The Kier molecular flexibility index (Phi) is 3.65. The van der Waals surface area contributed by atoms with Crippen LogP contribution in [0, 0.1) is 18.8 Å². The van der Waals surface area contributed by atoms with E-state index in [4.69, 9.17) is 4.74 Å². The highest BCUT2D eigenvalue weighted by Gasteiger charge is 2.35. The Morgan fingerprint density at radius 3 is 2.72 bits per heavy atom. The minimum atomic E-state index is -0.112. The second-order valence-corrected chi connectivity index (χ2v) is 5.02. The molecule has 6 nitrogen and oxygen atoms in total. The second-order valence-electron chi connectivity index (χ2n) is 5.02. The summed E-state index contributed by atoms with van der Waals surface area (Å²) in [4.78, 5) is 13.8. The number of methoxy groups -OCH3 is 1. The largest absolute Gasteiger partial charge is 0.469 e. The predicted molar refractivity (Wildman–Crippen MR) is 65.7 cm³/mol. The first-order valence-corrected chi connectivity index (χ1v) is 6.18. The summed E-state index contributed by atoms with van der Waals surface area (Å²) in [6.45, 7) is 6.38. The van der Waals surface area contributed by atoms with E-state index in [-0.39, 0.29) is 11.9 Å². The number of nitrogens with zero attached hydrogens (tertiary/aromatic N) is 4. The predicted octanol–water partition coefficient (Wildman–Crippen LogP) is 0.364. The van der Waals surface area contributed by atoms with Gasteiger partial charge in [-0.15, -0.1) is 10.2 Å². The third-order valence-corrected chi connectivity index (χ3v) is 3.74. The molecule has 0 aromatic carbocycles. The van der Waals surface area contributed by atoms with E-state index in [0.717, 1.165) is 31.3 Å². The summed E-state index contributed by atoms with van der Waals surface area (Å²) in [5, 5.41) is 8.19. The number of rotatable bonds is 3. The molecule has 1 aliphatic rings. The molecule has 0 radical (unpaired) electrons. The number of ether oxygens (including phenoxy) is 1. The molecule has 0 saturated carbocycles. The zero-order chi connectivity index (χ0) is 13.3. The Balaban J connectivity index is 2.01. The standard InChI is InChI=1S/C12H20N4O2/c1-8-5-16(6-10(8)12(17)18-4)7-11-14-13-9(2)15(11)3/h8,10H,5-7H2,1-4H3. The number of hydrogen-bond acceptors (Lipinski definition) is 5. The van der Waals surface area contributed by atoms with E-state index in [1.165, 1.54) is 7.11 Å². The third kappa shape index (κ3) is 2.38. The minimum absolute atomic E-state index is 0.0238. The smallest absolute Gasteiger partial charge is 0.310 e. The van der Waals surface area contributed by atoms with Crippen molar-refractivity contribution < 1.29 is 9.53 Å². The topological polar surface area (TPSA) is 60.2 Å².